The molecular formula is C22H21N7O2S. The lowest BCUT2D eigenvalue weighted by molar-refractivity contribution is -0.110. The lowest BCUT2D eigenvalue weighted by Crippen LogP contribution is -2.39. The summed E-state index contributed by atoms with van der Waals surface area (Å²) in [6.45, 7) is 3.87. The van der Waals surface area contributed by atoms with Crippen LogP contribution in [0.2, 0.25) is 0 Å². The molecule has 4 rings (SSSR count). The van der Waals surface area contributed by atoms with Gasteiger partial charge in [0.15, 0.2) is 0 Å². The van der Waals surface area contributed by atoms with Crippen molar-refractivity contribution < 1.29 is 9.59 Å². The van der Waals surface area contributed by atoms with Crippen molar-refractivity contribution in [3.8, 4) is 11.3 Å². The van der Waals surface area contributed by atoms with Crippen molar-refractivity contribution in [2.75, 3.05) is 10.6 Å². The summed E-state index contributed by atoms with van der Waals surface area (Å²) in [5.41, 5.74) is 10.5. The van der Waals surface area contributed by atoms with Crippen LogP contribution in [0, 0.1) is 6.92 Å². The number of hydrogen-bond acceptors (Lipinski definition) is 7. The summed E-state index contributed by atoms with van der Waals surface area (Å²) in [7, 11) is 0. The van der Waals surface area contributed by atoms with E-state index in [1.165, 1.54) is 0 Å². The number of rotatable bonds is 7. The molecule has 0 aliphatic carbocycles. The molecule has 0 aliphatic heterocycles. The summed E-state index contributed by atoms with van der Waals surface area (Å²) in [5, 5.41) is 6.07. The van der Waals surface area contributed by atoms with Gasteiger partial charge in [0, 0.05) is 17.3 Å². The predicted molar refractivity (Wildman–Crippen MR) is 125 cm³/mol. The number of anilines is 2. The van der Waals surface area contributed by atoms with Crippen LogP contribution in [-0.2, 0) is 4.79 Å². The Morgan fingerprint density at radius 2 is 2.00 bits per heavy atom. The van der Waals surface area contributed by atoms with Gasteiger partial charge in [-0.15, -0.1) is 11.3 Å². The molecule has 4 aromatic rings. The number of fused-ring (bicyclic) bond motifs is 1. The third-order valence-electron chi connectivity index (χ3n) is 4.72. The minimum Gasteiger partial charge on any atom is -0.363 e. The highest BCUT2D eigenvalue weighted by Crippen LogP contribution is 2.28. The monoisotopic (exact) mass is 447 g/mol. The number of nitrogens with zero attached hydrogens (tertiary/aromatic N) is 3. The second kappa shape index (κ2) is 9.40. The number of urea groups is 1. The Bertz CT molecular complexity index is 1270. The Morgan fingerprint density at radius 3 is 2.84 bits per heavy atom. The molecule has 0 saturated carbocycles. The average molecular weight is 448 g/mol. The van der Waals surface area contributed by atoms with Crippen LogP contribution < -0.4 is 21.5 Å². The SMILES string of the molecule is Cc1nc(NC(C)c2cccc(NC(=O)NNC=O)c2)cc(-c2ccc3ncsc3c2)n1. The molecule has 2 heterocycles. The van der Waals surface area contributed by atoms with E-state index >= 15 is 0 Å². The molecule has 2 aromatic carbocycles. The lowest BCUT2D eigenvalue weighted by Gasteiger charge is -2.17. The van der Waals surface area contributed by atoms with Gasteiger partial charge >= 0.3 is 6.03 Å². The third kappa shape index (κ3) is 4.98. The first-order valence-corrected chi connectivity index (χ1v) is 10.7. The zero-order valence-corrected chi connectivity index (χ0v) is 18.2. The van der Waals surface area contributed by atoms with E-state index < -0.39 is 6.03 Å². The van der Waals surface area contributed by atoms with Crippen molar-refractivity contribution in [1.29, 1.82) is 0 Å². The van der Waals surface area contributed by atoms with Crippen LogP contribution in [0.25, 0.3) is 21.5 Å². The van der Waals surface area contributed by atoms with E-state index in [-0.39, 0.29) is 6.04 Å². The number of nitrogens with one attached hydrogen (secondary N) is 4. The largest absolute Gasteiger partial charge is 0.363 e. The minimum atomic E-state index is -0.538. The van der Waals surface area contributed by atoms with E-state index in [0.29, 0.717) is 23.7 Å². The molecule has 0 aliphatic rings. The fourth-order valence-electron chi connectivity index (χ4n) is 3.25. The van der Waals surface area contributed by atoms with E-state index in [0.717, 1.165) is 27.0 Å². The van der Waals surface area contributed by atoms with Gasteiger partial charge in [-0.2, -0.15) is 0 Å². The predicted octanol–water partition coefficient (Wildman–Crippen LogP) is 4.02. The number of aryl methyl sites for hydroxylation is 1. The van der Waals surface area contributed by atoms with E-state index in [2.05, 4.69) is 42.5 Å². The second-order valence-electron chi connectivity index (χ2n) is 7.05. The number of carbonyl (C=O) groups is 2. The average Bonchev–Trinajstić information content (AvgIpc) is 3.25. The Morgan fingerprint density at radius 1 is 1.12 bits per heavy atom. The molecule has 3 amide bonds. The van der Waals surface area contributed by atoms with Crippen LogP contribution in [-0.4, -0.2) is 27.4 Å². The standard InChI is InChI=1S/C22H21N7O2S/c1-13(15-4-3-5-17(8-15)28-22(31)29-24-11-30)25-21-10-19(26-14(2)27-21)16-6-7-18-20(9-16)32-12-23-18/h3-13H,1-2H3,(H,24,30)(H,25,26,27)(H2,28,29,31). The van der Waals surface area contributed by atoms with Gasteiger partial charge in [-0.1, -0.05) is 18.2 Å². The molecule has 32 heavy (non-hydrogen) atoms. The normalized spacial score (nSPS) is 11.6. The highest BCUT2D eigenvalue weighted by Gasteiger charge is 2.11. The molecule has 2 aromatic heterocycles. The van der Waals surface area contributed by atoms with Gasteiger partial charge in [-0.05, 0) is 43.7 Å². The van der Waals surface area contributed by atoms with Gasteiger partial charge in [-0.25, -0.2) is 25.2 Å². The Balaban J connectivity index is 1.52. The van der Waals surface area contributed by atoms with Crippen LogP contribution >= 0.6 is 11.3 Å². The number of aromatic nitrogens is 3. The van der Waals surface area contributed by atoms with Crippen molar-refractivity contribution in [2.24, 2.45) is 0 Å². The van der Waals surface area contributed by atoms with E-state index in [9.17, 15) is 9.59 Å². The fraction of sp³-hybridized carbons (Fsp3) is 0.136. The van der Waals surface area contributed by atoms with Crippen molar-refractivity contribution >= 4 is 45.5 Å². The first-order valence-electron chi connectivity index (χ1n) is 9.84. The quantitative estimate of drug-likeness (QED) is 0.251. The van der Waals surface area contributed by atoms with Crippen LogP contribution in [0.4, 0.5) is 16.3 Å². The minimum absolute atomic E-state index is 0.0842. The number of thiazole rings is 1. The van der Waals surface area contributed by atoms with Crippen LogP contribution in [0.5, 0.6) is 0 Å². The Hall–Kier alpha value is -4.05. The van der Waals surface area contributed by atoms with Crippen molar-refractivity contribution in [1.82, 2.24) is 25.8 Å². The lowest BCUT2D eigenvalue weighted by atomic mass is 10.1. The van der Waals surface area contributed by atoms with E-state index in [4.69, 9.17) is 0 Å². The molecule has 1 unspecified atom stereocenters. The highest BCUT2D eigenvalue weighted by atomic mass is 32.1. The van der Waals surface area contributed by atoms with Gasteiger partial charge in [-0.3, -0.25) is 10.2 Å². The molecule has 162 valence electrons. The van der Waals surface area contributed by atoms with E-state index in [1.807, 2.05) is 55.8 Å². The molecule has 0 bridgehead atoms. The van der Waals surface area contributed by atoms with Gasteiger partial charge < -0.3 is 10.6 Å². The molecule has 4 N–H and O–H groups in total. The highest BCUT2D eigenvalue weighted by molar-refractivity contribution is 7.16. The topological polar surface area (TPSA) is 121 Å². The zero-order chi connectivity index (χ0) is 22.5. The van der Waals surface area contributed by atoms with Crippen molar-refractivity contribution in [3.05, 3.63) is 65.4 Å². The molecule has 0 saturated heterocycles. The summed E-state index contributed by atoms with van der Waals surface area (Å²) in [5.74, 6) is 1.37. The maximum absolute atomic E-state index is 11.7. The summed E-state index contributed by atoms with van der Waals surface area (Å²) >= 11 is 1.60. The maximum Gasteiger partial charge on any atom is 0.337 e. The Labute approximate surface area is 188 Å². The zero-order valence-electron chi connectivity index (χ0n) is 17.4. The van der Waals surface area contributed by atoms with E-state index in [1.54, 1.807) is 17.4 Å². The van der Waals surface area contributed by atoms with Crippen LogP contribution in [0.15, 0.2) is 54.0 Å². The van der Waals surface area contributed by atoms with Gasteiger partial charge in [0.25, 0.3) is 0 Å². The molecule has 9 nitrogen and oxygen atoms in total. The second-order valence-corrected chi connectivity index (χ2v) is 7.94. The van der Waals surface area contributed by atoms with Gasteiger partial charge in [0.1, 0.15) is 11.6 Å². The summed E-state index contributed by atoms with van der Waals surface area (Å²) in [6.07, 6.45) is 0.384. The number of amides is 3. The van der Waals surface area contributed by atoms with Gasteiger partial charge in [0.2, 0.25) is 6.41 Å². The number of hydrazine groups is 1. The Kier molecular flexibility index (Phi) is 6.22. The number of carbonyl (C=O) groups excluding carboxylic acids is 2. The first-order chi connectivity index (χ1) is 15.5. The fourth-order valence-corrected chi connectivity index (χ4v) is 3.97. The first kappa shape index (κ1) is 21.2. The van der Waals surface area contributed by atoms with Crippen LogP contribution in [0.1, 0.15) is 24.4 Å². The number of hydrogen-bond donors (Lipinski definition) is 4. The molecule has 0 radical (unpaired) electrons. The summed E-state index contributed by atoms with van der Waals surface area (Å²) in [4.78, 5) is 35.5. The molecule has 0 spiro atoms. The summed E-state index contributed by atoms with van der Waals surface area (Å²) < 4.78 is 1.11. The molecule has 0 fully saturated rings. The third-order valence-corrected chi connectivity index (χ3v) is 5.51. The van der Waals surface area contributed by atoms with Crippen LogP contribution in [0.3, 0.4) is 0 Å². The maximum atomic E-state index is 11.7. The summed E-state index contributed by atoms with van der Waals surface area (Å²) in [6, 6.07) is 14.8. The molecule has 10 heteroatoms. The molecule has 1 atom stereocenters. The van der Waals surface area contributed by atoms with Crippen molar-refractivity contribution in [2.45, 2.75) is 19.9 Å². The number of benzene rings is 2. The van der Waals surface area contributed by atoms with Crippen molar-refractivity contribution in [3.63, 3.8) is 0 Å². The molecular weight excluding hydrogens is 426 g/mol. The van der Waals surface area contributed by atoms with Gasteiger partial charge in [0.05, 0.1) is 27.5 Å². The smallest absolute Gasteiger partial charge is 0.337 e.